The lowest BCUT2D eigenvalue weighted by Gasteiger charge is -1.99. The summed E-state index contributed by atoms with van der Waals surface area (Å²) >= 11 is 0. The van der Waals surface area contributed by atoms with Crippen molar-refractivity contribution in [2.24, 2.45) is 5.92 Å². The first-order valence-corrected chi connectivity index (χ1v) is 3.24. The van der Waals surface area contributed by atoms with E-state index < -0.39 is 0 Å². The Morgan fingerprint density at radius 2 is 2.10 bits per heavy atom. The molecule has 0 bridgehead atoms. The molecule has 0 unspecified atom stereocenters. The molecule has 2 heteroatoms. The lowest BCUT2D eigenvalue weighted by molar-refractivity contribution is -0.117. The molecule has 0 atom stereocenters. The first-order chi connectivity index (χ1) is 4.63. The summed E-state index contributed by atoms with van der Waals surface area (Å²) in [6.07, 6.45) is 1.54. The molecule has 2 nitrogen and oxygen atoms in total. The van der Waals surface area contributed by atoms with Crippen LogP contribution in [0.1, 0.15) is 20.8 Å². The number of hydrogen-bond acceptors (Lipinski definition) is 2. The smallest absolute Gasteiger partial charge is 0.175 e. The largest absolute Gasteiger partial charge is 0.293 e. The van der Waals surface area contributed by atoms with Crippen molar-refractivity contribution in [1.29, 1.82) is 5.26 Å². The highest BCUT2D eigenvalue weighted by Gasteiger charge is 2.10. The van der Waals surface area contributed by atoms with Crippen LogP contribution in [0.15, 0.2) is 11.6 Å². The number of carbonyl (C=O) groups excluding carboxylic acids is 1. The van der Waals surface area contributed by atoms with E-state index in [2.05, 4.69) is 0 Å². The van der Waals surface area contributed by atoms with Crippen LogP contribution in [0, 0.1) is 17.2 Å². The second-order valence-electron chi connectivity index (χ2n) is 2.33. The van der Waals surface area contributed by atoms with Crippen LogP contribution in [0.25, 0.3) is 0 Å². The number of ketones is 1. The van der Waals surface area contributed by atoms with Gasteiger partial charge in [-0.25, -0.2) is 0 Å². The Morgan fingerprint density at radius 3 is 2.20 bits per heavy atom. The summed E-state index contributed by atoms with van der Waals surface area (Å²) < 4.78 is 0. The average molecular weight is 137 g/mol. The predicted octanol–water partition coefficient (Wildman–Crippen LogP) is 1.68. The fraction of sp³-hybridized carbons (Fsp3) is 0.500. The fourth-order valence-electron chi connectivity index (χ4n) is 0.573. The Kier molecular flexibility index (Phi) is 3.42. The predicted molar refractivity (Wildman–Crippen MR) is 39.2 cm³/mol. The van der Waals surface area contributed by atoms with Gasteiger partial charge in [-0.3, -0.25) is 4.79 Å². The quantitative estimate of drug-likeness (QED) is 0.429. The van der Waals surface area contributed by atoms with Crippen molar-refractivity contribution in [1.82, 2.24) is 0 Å². The molecule has 0 aliphatic carbocycles. The molecular formula is C8H11NO. The maximum atomic E-state index is 11.0. The van der Waals surface area contributed by atoms with E-state index >= 15 is 0 Å². The zero-order valence-corrected chi connectivity index (χ0v) is 6.51. The highest BCUT2D eigenvalue weighted by Crippen LogP contribution is 2.03. The van der Waals surface area contributed by atoms with E-state index in [1.165, 1.54) is 0 Å². The molecule has 0 radical (unpaired) electrons. The maximum absolute atomic E-state index is 11.0. The third-order valence-electron chi connectivity index (χ3n) is 1.20. The van der Waals surface area contributed by atoms with Crippen LogP contribution in [0.3, 0.4) is 0 Å². The van der Waals surface area contributed by atoms with Crippen LogP contribution < -0.4 is 0 Å². The monoisotopic (exact) mass is 137 g/mol. The second-order valence-corrected chi connectivity index (χ2v) is 2.33. The Labute approximate surface area is 61.2 Å². The van der Waals surface area contributed by atoms with Crippen molar-refractivity contribution < 1.29 is 4.79 Å². The SMILES string of the molecule is C/C=C(\C#N)C(=O)C(C)C. The third-order valence-corrected chi connectivity index (χ3v) is 1.20. The molecule has 54 valence electrons. The number of rotatable bonds is 2. The van der Waals surface area contributed by atoms with Gasteiger partial charge in [0, 0.05) is 5.92 Å². The van der Waals surface area contributed by atoms with Gasteiger partial charge >= 0.3 is 0 Å². The first-order valence-electron chi connectivity index (χ1n) is 3.24. The number of nitriles is 1. The molecule has 0 aromatic rings. The van der Waals surface area contributed by atoms with E-state index in [0.717, 1.165) is 0 Å². The van der Waals surface area contributed by atoms with Gasteiger partial charge in [0.05, 0.1) is 5.57 Å². The average Bonchev–Trinajstić information content (AvgIpc) is 1.90. The van der Waals surface area contributed by atoms with E-state index in [1.807, 2.05) is 6.07 Å². The first kappa shape index (κ1) is 8.90. The topological polar surface area (TPSA) is 40.9 Å². The normalized spacial score (nSPS) is 11.3. The van der Waals surface area contributed by atoms with Gasteiger partial charge in [0.1, 0.15) is 6.07 Å². The van der Waals surface area contributed by atoms with Crippen molar-refractivity contribution in [2.45, 2.75) is 20.8 Å². The van der Waals surface area contributed by atoms with Gasteiger partial charge in [-0.2, -0.15) is 5.26 Å². The minimum absolute atomic E-state index is 0.0779. The zero-order valence-electron chi connectivity index (χ0n) is 6.51. The number of Topliss-reactive ketones (excluding diaryl/α,β-unsaturated/α-hetero) is 1. The van der Waals surface area contributed by atoms with Crippen LogP contribution in [0.2, 0.25) is 0 Å². The molecule has 0 aliphatic rings. The Hall–Kier alpha value is -1.10. The summed E-state index contributed by atoms with van der Waals surface area (Å²) in [5, 5.41) is 8.41. The van der Waals surface area contributed by atoms with Gasteiger partial charge in [0.2, 0.25) is 0 Å². The lowest BCUT2D eigenvalue weighted by atomic mass is 10.0. The molecule has 10 heavy (non-hydrogen) atoms. The molecular weight excluding hydrogens is 126 g/mol. The van der Waals surface area contributed by atoms with Gasteiger partial charge in [-0.15, -0.1) is 0 Å². The second kappa shape index (κ2) is 3.84. The van der Waals surface area contributed by atoms with Gasteiger partial charge < -0.3 is 0 Å². The summed E-state index contributed by atoms with van der Waals surface area (Å²) in [6.45, 7) is 5.26. The molecule has 0 heterocycles. The van der Waals surface area contributed by atoms with E-state index in [0.29, 0.717) is 0 Å². The highest BCUT2D eigenvalue weighted by atomic mass is 16.1. The van der Waals surface area contributed by atoms with E-state index in [9.17, 15) is 4.79 Å². The Bertz CT molecular complexity index is 196. The summed E-state index contributed by atoms with van der Waals surface area (Å²) in [7, 11) is 0. The van der Waals surface area contributed by atoms with E-state index in [1.54, 1.807) is 26.8 Å². The minimum Gasteiger partial charge on any atom is -0.293 e. The molecule has 0 saturated heterocycles. The molecule has 0 fully saturated rings. The number of carbonyl (C=O) groups is 1. The van der Waals surface area contributed by atoms with Crippen LogP contribution in [-0.4, -0.2) is 5.78 Å². The molecule has 0 aliphatic heterocycles. The van der Waals surface area contributed by atoms with Crippen LogP contribution in [0.4, 0.5) is 0 Å². The molecule has 0 aromatic heterocycles. The van der Waals surface area contributed by atoms with E-state index in [4.69, 9.17) is 5.26 Å². The summed E-state index contributed by atoms with van der Waals surface area (Å²) in [6, 6.07) is 1.84. The third kappa shape index (κ3) is 2.02. The van der Waals surface area contributed by atoms with Crippen LogP contribution in [-0.2, 0) is 4.79 Å². The van der Waals surface area contributed by atoms with Crippen LogP contribution in [0.5, 0.6) is 0 Å². The van der Waals surface area contributed by atoms with Crippen molar-refractivity contribution in [3.05, 3.63) is 11.6 Å². The van der Waals surface area contributed by atoms with Crippen molar-refractivity contribution in [2.75, 3.05) is 0 Å². The van der Waals surface area contributed by atoms with Crippen LogP contribution >= 0.6 is 0 Å². The summed E-state index contributed by atoms with van der Waals surface area (Å²) in [4.78, 5) is 11.0. The summed E-state index contributed by atoms with van der Waals surface area (Å²) in [5.74, 6) is -0.157. The zero-order chi connectivity index (χ0) is 8.15. The molecule has 0 spiro atoms. The minimum atomic E-state index is -0.0787. The lowest BCUT2D eigenvalue weighted by Crippen LogP contribution is -2.08. The fourth-order valence-corrected chi connectivity index (χ4v) is 0.573. The van der Waals surface area contributed by atoms with Crippen molar-refractivity contribution in [3.8, 4) is 6.07 Å². The van der Waals surface area contributed by atoms with Gasteiger partial charge in [0.15, 0.2) is 5.78 Å². The molecule has 0 amide bonds. The Morgan fingerprint density at radius 1 is 1.60 bits per heavy atom. The number of hydrogen-bond donors (Lipinski definition) is 0. The van der Waals surface area contributed by atoms with Gasteiger partial charge in [0.25, 0.3) is 0 Å². The highest BCUT2D eigenvalue weighted by molar-refractivity contribution is 6.00. The molecule has 0 rings (SSSR count). The maximum Gasteiger partial charge on any atom is 0.175 e. The van der Waals surface area contributed by atoms with E-state index in [-0.39, 0.29) is 17.3 Å². The summed E-state index contributed by atoms with van der Waals surface area (Å²) in [5.41, 5.74) is 0.259. The molecule has 0 aromatic carbocycles. The molecule has 0 N–H and O–H groups in total. The number of nitrogens with zero attached hydrogens (tertiary/aromatic N) is 1. The van der Waals surface area contributed by atoms with Gasteiger partial charge in [-0.1, -0.05) is 19.9 Å². The standard InChI is InChI=1S/C8H11NO/c1-4-7(5-9)8(10)6(2)3/h4,6H,1-3H3/b7-4+. The van der Waals surface area contributed by atoms with Gasteiger partial charge in [-0.05, 0) is 6.92 Å². The number of allylic oxidation sites excluding steroid dienone is 2. The molecule has 0 saturated carbocycles. The van der Waals surface area contributed by atoms with Crippen molar-refractivity contribution >= 4 is 5.78 Å². The van der Waals surface area contributed by atoms with Crippen molar-refractivity contribution in [3.63, 3.8) is 0 Å². The Balaban J connectivity index is 4.38.